The predicted molar refractivity (Wildman–Crippen MR) is 65.1 cm³/mol. The predicted octanol–water partition coefficient (Wildman–Crippen LogP) is 2.45. The van der Waals surface area contributed by atoms with Gasteiger partial charge in [0.2, 0.25) is 0 Å². The van der Waals surface area contributed by atoms with Gasteiger partial charge in [0.05, 0.1) is 6.61 Å². The lowest BCUT2D eigenvalue weighted by atomic mass is 9.97. The van der Waals surface area contributed by atoms with Crippen molar-refractivity contribution in [3.63, 3.8) is 0 Å². The molecule has 1 aromatic carbocycles. The zero-order valence-electron chi connectivity index (χ0n) is 8.71. The van der Waals surface area contributed by atoms with Crippen molar-refractivity contribution < 1.29 is 4.74 Å². The van der Waals surface area contributed by atoms with Gasteiger partial charge in [0.25, 0.3) is 0 Å². The van der Waals surface area contributed by atoms with Crippen molar-refractivity contribution in [2.24, 2.45) is 5.73 Å². The molecule has 2 rings (SSSR count). The summed E-state index contributed by atoms with van der Waals surface area (Å²) in [6, 6.07) is 6.56. The molecule has 2 nitrogen and oxygen atoms in total. The Morgan fingerprint density at radius 2 is 2.33 bits per heavy atom. The van der Waals surface area contributed by atoms with E-state index < -0.39 is 0 Å². The van der Waals surface area contributed by atoms with Crippen LogP contribution in [0.2, 0.25) is 0 Å². The van der Waals surface area contributed by atoms with Crippen LogP contribution in [-0.2, 0) is 11.2 Å². The molecule has 0 amide bonds. The van der Waals surface area contributed by atoms with E-state index >= 15 is 0 Å². The zero-order valence-corrected chi connectivity index (χ0v) is 10.3. The summed E-state index contributed by atoms with van der Waals surface area (Å²) in [6.45, 7) is 2.45. The Morgan fingerprint density at radius 3 is 2.93 bits per heavy atom. The quantitative estimate of drug-likeness (QED) is 0.915. The topological polar surface area (TPSA) is 35.2 Å². The van der Waals surface area contributed by atoms with Gasteiger partial charge in [0, 0.05) is 17.0 Å². The van der Waals surface area contributed by atoms with Crippen molar-refractivity contribution in [3.8, 4) is 0 Å². The van der Waals surface area contributed by atoms with Crippen molar-refractivity contribution in [3.05, 3.63) is 33.8 Å². The molecule has 1 heterocycles. The molecule has 0 aliphatic carbocycles. The van der Waals surface area contributed by atoms with Crippen LogP contribution in [0.3, 0.4) is 0 Å². The summed E-state index contributed by atoms with van der Waals surface area (Å²) in [5.74, 6) is 0.561. The van der Waals surface area contributed by atoms with Crippen LogP contribution in [-0.4, -0.2) is 19.8 Å². The SMILES string of the molecule is NCCc1ccc(C2CCOC2)c(Br)c1. The molecule has 2 N–H and O–H groups in total. The van der Waals surface area contributed by atoms with Gasteiger partial charge in [-0.25, -0.2) is 0 Å². The van der Waals surface area contributed by atoms with Crippen LogP contribution >= 0.6 is 15.9 Å². The molecule has 0 bridgehead atoms. The van der Waals surface area contributed by atoms with Gasteiger partial charge in [-0.05, 0) is 36.6 Å². The minimum Gasteiger partial charge on any atom is -0.381 e. The van der Waals surface area contributed by atoms with Crippen LogP contribution in [0.4, 0.5) is 0 Å². The molecule has 15 heavy (non-hydrogen) atoms. The lowest BCUT2D eigenvalue weighted by Crippen LogP contribution is -2.04. The van der Waals surface area contributed by atoms with Crippen LogP contribution in [0, 0.1) is 0 Å². The number of hydrogen-bond acceptors (Lipinski definition) is 2. The maximum atomic E-state index is 5.54. The molecule has 1 fully saturated rings. The van der Waals surface area contributed by atoms with E-state index in [1.54, 1.807) is 0 Å². The third-order valence-electron chi connectivity index (χ3n) is 2.87. The summed E-state index contributed by atoms with van der Waals surface area (Å²) in [5, 5.41) is 0. The van der Waals surface area contributed by atoms with E-state index in [4.69, 9.17) is 10.5 Å². The van der Waals surface area contributed by atoms with E-state index in [9.17, 15) is 0 Å². The summed E-state index contributed by atoms with van der Waals surface area (Å²) in [4.78, 5) is 0. The van der Waals surface area contributed by atoms with Gasteiger partial charge in [0.15, 0.2) is 0 Å². The molecule has 82 valence electrons. The van der Waals surface area contributed by atoms with E-state index in [0.717, 1.165) is 26.1 Å². The normalized spacial score (nSPS) is 20.8. The van der Waals surface area contributed by atoms with Gasteiger partial charge in [-0.1, -0.05) is 28.1 Å². The monoisotopic (exact) mass is 269 g/mol. The third kappa shape index (κ3) is 2.60. The van der Waals surface area contributed by atoms with Crippen molar-refractivity contribution in [1.82, 2.24) is 0 Å². The van der Waals surface area contributed by atoms with E-state index in [2.05, 4.69) is 34.1 Å². The fraction of sp³-hybridized carbons (Fsp3) is 0.500. The average molecular weight is 270 g/mol. The first-order chi connectivity index (χ1) is 7.31. The van der Waals surface area contributed by atoms with E-state index in [1.807, 2.05) is 0 Å². The smallest absolute Gasteiger partial charge is 0.0535 e. The molecule has 1 atom stereocenters. The lowest BCUT2D eigenvalue weighted by Gasteiger charge is -2.11. The molecule has 1 unspecified atom stereocenters. The molecule has 0 radical (unpaired) electrons. The first-order valence-corrected chi connectivity index (χ1v) is 6.16. The van der Waals surface area contributed by atoms with Crippen LogP contribution < -0.4 is 5.73 Å². The van der Waals surface area contributed by atoms with Gasteiger partial charge in [0.1, 0.15) is 0 Å². The van der Waals surface area contributed by atoms with Crippen molar-refractivity contribution in [2.75, 3.05) is 19.8 Å². The molecule has 0 aromatic heterocycles. The highest BCUT2D eigenvalue weighted by atomic mass is 79.9. The van der Waals surface area contributed by atoms with Crippen LogP contribution in [0.5, 0.6) is 0 Å². The maximum Gasteiger partial charge on any atom is 0.0535 e. The van der Waals surface area contributed by atoms with Gasteiger partial charge in [-0.15, -0.1) is 0 Å². The number of ether oxygens (including phenoxy) is 1. The van der Waals surface area contributed by atoms with Crippen molar-refractivity contribution >= 4 is 15.9 Å². The van der Waals surface area contributed by atoms with Gasteiger partial charge in [-0.2, -0.15) is 0 Å². The summed E-state index contributed by atoms with van der Waals surface area (Å²) in [5.41, 5.74) is 8.20. The van der Waals surface area contributed by atoms with E-state index in [1.165, 1.54) is 15.6 Å². The second kappa shape index (κ2) is 5.10. The Labute approximate surface area is 98.9 Å². The number of nitrogens with two attached hydrogens (primary N) is 1. The highest BCUT2D eigenvalue weighted by molar-refractivity contribution is 9.10. The minimum atomic E-state index is 0.561. The average Bonchev–Trinajstić information content (AvgIpc) is 2.71. The fourth-order valence-corrected chi connectivity index (χ4v) is 2.75. The Kier molecular flexibility index (Phi) is 3.78. The lowest BCUT2D eigenvalue weighted by molar-refractivity contribution is 0.194. The Hall–Kier alpha value is -0.380. The highest BCUT2D eigenvalue weighted by Gasteiger charge is 2.19. The Bertz CT molecular complexity index is 334. The molecular weight excluding hydrogens is 254 g/mol. The Balaban J connectivity index is 2.18. The molecule has 0 saturated carbocycles. The summed E-state index contributed by atoms with van der Waals surface area (Å²) in [6.07, 6.45) is 2.08. The van der Waals surface area contributed by atoms with E-state index in [0.29, 0.717) is 12.5 Å². The minimum absolute atomic E-state index is 0.561. The molecule has 1 aliphatic heterocycles. The van der Waals surface area contributed by atoms with Gasteiger partial charge >= 0.3 is 0 Å². The van der Waals surface area contributed by atoms with Crippen LogP contribution in [0.15, 0.2) is 22.7 Å². The first-order valence-electron chi connectivity index (χ1n) is 5.37. The van der Waals surface area contributed by atoms with Crippen molar-refractivity contribution in [1.29, 1.82) is 0 Å². The molecule has 1 aliphatic rings. The molecule has 0 spiro atoms. The largest absolute Gasteiger partial charge is 0.381 e. The number of halogens is 1. The second-order valence-corrected chi connectivity index (χ2v) is 4.81. The van der Waals surface area contributed by atoms with Crippen LogP contribution in [0.25, 0.3) is 0 Å². The summed E-state index contributed by atoms with van der Waals surface area (Å²) >= 11 is 3.63. The van der Waals surface area contributed by atoms with Gasteiger partial charge < -0.3 is 10.5 Å². The zero-order chi connectivity index (χ0) is 10.7. The molecule has 1 saturated heterocycles. The number of hydrogen-bond donors (Lipinski definition) is 1. The Morgan fingerprint density at radius 1 is 1.47 bits per heavy atom. The second-order valence-electron chi connectivity index (χ2n) is 3.96. The highest BCUT2D eigenvalue weighted by Crippen LogP contribution is 2.31. The molecule has 3 heteroatoms. The van der Waals surface area contributed by atoms with Crippen LogP contribution in [0.1, 0.15) is 23.5 Å². The third-order valence-corrected chi connectivity index (χ3v) is 3.55. The van der Waals surface area contributed by atoms with Gasteiger partial charge in [-0.3, -0.25) is 0 Å². The number of rotatable bonds is 3. The fourth-order valence-electron chi connectivity index (χ4n) is 2.00. The van der Waals surface area contributed by atoms with E-state index in [-0.39, 0.29) is 0 Å². The standard InChI is InChI=1S/C12H16BrNO/c13-12-7-9(3-5-14)1-2-11(12)10-4-6-15-8-10/h1-2,7,10H,3-6,8,14H2. The number of benzene rings is 1. The molecule has 1 aromatic rings. The summed E-state index contributed by atoms with van der Waals surface area (Å²) in [7, 11) is 0. The summed E-state index contributed by atoms with van der Waals surface area (Å²) < 4.78 is 6.60. The van der Waals surface area contributed by atoms with Crippen molar-refractivity contribution in [2.45, 2.75) is 18.8 Å². The maximum absolute atomic E-state index is 5.54. The first kappa shape index (κ1) is 11.1. The molecular formula is C12H16BrNO.